The maximum atomic E-state index is 12.7. The fraction of sp³-hybridized carbons (Fsp3) is 0.789. The predicted molar refractivity (Wildman–Crippen MR) is 92.9 cm³/mol. The van der Waals surface area contributed by atoms with Crippen LogP contribution in [0.25, 0.3) is 0 Å². The number of carbonyl (C=O) groups is 2. The van der Waals surface area contributed by atoms with Crippen LogP contribution in [-0.2, 0) is 19.1 Å². The molecule has 26 heavy (non-hydrogen) atoms. The van der Waals surface area contributed by atoms with Crippen LogP contribution < -0.4 is 0 Å². The number of aliphatic hydroxyl groups is 2. The number of rotatable bonds is 2. The molecule has 0 aromatic heterocycles. The number of ether oxygens (including phenoxy) is 2. The minimum absolute atomic E-state index is 0.0214. The van der Waals surface area contributed by atoms with Gasteiger partial charge in [0.05, 0.1) is 25.6 Å². The van der Waals surface area contributed by atoms with E-state index in [4.69, 9.17) is 9.47 Å². The molecule has 7 heteroatoms. The van der Waals surface area contributed by atoms with Gasteiger partial charge in [-0.15, -0.1) is 0 Å². The summed E-state index contributed by atoms with van der Waals surface area (Å²) in [4.78, 5) is 25.2. The third kappa shape index (κ3) is 2.68. The third-order valence-electron chi connectivity index (χ3n) is 6.78. The van der Waals surface area contributed by atoms with Gasteiger partial charge in [0.2, 0.25) is 0 Å². The van der Waals surface area contributed by atoms with Gasteiger partial charge in [-0.2, -0.15) is 0 Å². The number of hydrogen-bond donors (Lipinski definition) is 2. The molecule has 0 saturated carbocycles. The molecule has 6 atom stereocenters. The van der Waals surface area contributed by atoms with Crippen molar-refractivity contribution >= 4 is 11.9 Å². The summed E-state index contributed by atoms with van der Waals surface area (Å²) in [6.07, 6.45) is 3.52. The second-order valence-electron chi connectivity index (χ2n) is 8.35. The van der Waals surface area contributed by atoms with Crippen LogP contribution in [0.1, 0.15) is 40.5 Å². The van der Waals surface area contributed by atoms with E-state index < -0.39 is 29.1 Å². The Hall–Kier alpha value is -1.44. The highest BCUT2D eigenvalue weighted by Gasteiger charge is 2.59. The second-order valence-corrected chi connectivity index (χ2v) is 8.35. The van der Waals surface area contributed by atoms with Gasteiger partial charge in [-0.3, -0.25) is 4.79 Å². The lowest BCUT2D eigenvalue weighted by Crippen LogP contribution is -2.61. The number of quaternary nitrogens is 1. The normalized spacial score (nSPS) is 46.1. The first-order valence-electron chi connectivity index (χ1n) is 9.44. The van der Waals surface area contributed by atoms with E-state index in [1.54, 1.807) is 0 Å². The highest BCUT2D eigenvalue weighted by atomic mass is 16.6. The quantitative estimate of drug-likeness (QED) is 0.420. The third-order valence-corrected chi connectivity index (χ3v) is 6.78. The average molecular weight is 368 g/mol. The highest BCUT2D eigenvalue weighted by molar-refractivity contribution is 5.83. The van der Waals surface area contributed by atoms with E-state index in [0.29, 0.717) is 0 Å². The Labute approximate surface area is 154 Å². The minimum atomic E-state index is -2.22. The van der Waals surface area contributed by atoms with Crippen molar-refractivity contribution in [2.45, 2.75) is 63.9 Å². The Morgan fingerprint density at radius 1 is 1.31 bits per heavy atom. The molecule has 3 heterocycles. The fourth-order valence-corrected chi connectivity index (χ4v) is 4.70. The van der Waals surface area contributed by atoms with Gasteiger partial charge in [-0.1, -0.05) is 6.92 Å². The molecule has 0 aromatic rings. The van der Waals surface area contributed by atoms with Gasteiger partial charge < -0.3 is 24.2 Å². The zero-order valence-corrected chi connectivity index (χ0v) is 16.0. The SMILES string of the molecule is CCC[N+]12CC=C3COC(=O)C(C)(O)C(C)(O)C(C)C(=O)OC(CC1)C32. The molecule has 0 spiro atoms. The van der Waals surface area contributed by atoms with Gasteiger partial charge >= 0.3 is 11.9 Å². The minimum Gasteiger partial charge on any atom is -0.459 e. The molecule has 3 aliphatic heterocycles. The van der Waals surface area contributed by atoms with Crippen LogP contribution in [0.5, 0.6) is 0 Å². The summed E-state index contributed by atoms with van der Waals surface area (Å²) in [7, 11) is 0. The molecule has 0 bridgehead atoms. The van der Waals surface area contributed by atoms with Crippen molar-refractivity contribution in [2.75, 3.05) is 26.2 Å². The predicted octanol–water partition coefficient (Wildman–Crippen LogP) is 0.532. The topological polar surface area (TPSA) is 93.1 Å². The maximum Gasteiger partial charge on any atom is 0.341 e. The number of esters is 2. The van der Waals surface area contributed by atoms with Crippen LogP contribution in [0.2, 0.25) is 0 Å². The molecule has 0 radical (unpaired) electrons. The maximum absolute atomic E-state index is 12.7. The van der Waals surface area contributed by atoms with E-state index >= 15 is 0 Å². The first-order valence-corrected chi connectivity index (χ1v) is 9.44. The van der Waals surface area contributed by atoms with Gasteiger partial charge in [0.25, 0.3) is 0 Å². The zero-order valence-electron chi connectivity index (χ0n) is 16.0. The number of carbonyl (C=O) groups excluding carboxylic acids is 2. The summed E-state index contributed by atoms with van der Waals surface area (Å²) in [6.45, 7) is 8.81. The first kappa shape index (κ1) is 19.3. The van der Waals surface area contributed by atoms with E-state index in [-0.39, 0.29) is 18.8 Å². The van der Waals surface area contributed by atoms with Crippen LogP contribution >= 0.6 is 0 Å². The van der Waals surface area contributed by atoms with Gasteiger partial charge in [0, 0.05) is 12.0 Å². The molecule has 2 N–H and O–H groups in total. The van der Waals surface area contributed by atoms with Crippen molar-refractivity contribution < 1.29 is 33.8 Å². The van der Waals surface area contributed by atoms with Crippen LogP contribution in [0.3, 0.4) is 0 Å². The molecule has 6 unspecified atom stereocenters. The fourth-order valence-electron chi connectivity index (χ4n) is 4.70. The number of nitrogens with zero attached hydrogens (tertiary/aromatic N) is 1. The zero-order chi connectivity index (χ0) is 19.3. The lowest BCUT2D eigenvalue weighted by molar-refractivity contribution is -0.925. The van der Waals surface area contributed by atoms with Crippen LogP contribution in [-0.4, -0.2) is 76.2 Å². The van der Waals surface area contributed by atoms with Gasteiger partial charge in [0.1, 0.15) is 12.2 Å². The van der Waals surface area contributed by atoms with Crippen LogP contribution in [0, 0.1) is 5.92 Å². The van der Waals surface area contributed by atoms with Crippen molar-refractivity contribution in [1.82, 2.24) is 0 Å². The molecular weight excluding hydrogens is 338 g/mol. The van der Waals surface area contributed by atoms with E-state index in [9.17, 15) is 19.8 Å². The van der Waals surface area contributed by atoms with Gasteiger partial charge in [-0.25, -0.2) is 4.79 Å². The molecule has 0 aromatic carbocycles. The van der Waals surface area contributed by atoms with E-state index in [1.807, 2.05) is 0 Å². The van der Waals surface area contributed by atoms with E-state index in [1.165, 1.54) is 20.8 Å². The summed E-state index contributed by atoms with van der Waals surface area (Å²) in [5, 5.41) is 21.4. The molecule has 0 aliphatic carbocycles. The molecule has 3 rings (SSSR count). The second kappa shape index (κ2) is 6.32. The largest absolute Gasteiger partial charge is 0.459 e. The molecule has 7 nitrogen and oxygen atoms in total. The molecule has 2 saturated heterocycles. The van der Waals surface area contributed by atoms with Crippen molar-refractivity contribution in [3.8, 4) is 0 Å². The molecule has 0 amide bonds. The molecule has 2 fully saturated rings. The summed E-state index contributed by atoms with van der Waals surface area (Å²) >= 11 is 0. The standard InChI is InChI=1S/C19H30NO6/c1-5-8-20-9-6-13-11-25-17(22)19(4,24)18(3,23)12(2)16(21)26-14(7-10-20)15(13)20/h6,12,14-15,23-24H,5,7-11H2,1-4H3/q+1. The van der Waals surface area contributed by atoms with Gasteiger partial charge in [-0.05, 0) is 33.3 Å². The van der Waals surface area contributed by atoms with Crippen molar-refractivity contribution in [1.29, 1.82) is 0 Å². The lowest BCUT2D eigenvalue weighted by atomic mass is 9.76. The Morgan fingerprint density at radius 3 is 2.65 bits per heavy atom. The van der Waals surface area contributed by atoms with Crippen molar-refractivity contribution in [2.24, 2.45) is 5.92 Å². The Balaban J connectivity index is 1.98. The van der Waals surface area contributed by atoms with Crippen molar-refractivity contribution in [3.05, 3.63) is 11.6 Å². The summed E-state index contributed by atoms with van der Waals surface area (Å²) in [5.41, 5.74) is -3.30. The van der Waals surface area contributed by atoms with Crippen LogP contribution in [0.15, 0.2) is 11.6 Å². The summed E-state index contributed by atoms with van der Waals surface area (Å²) < 4.78 is 12.0. The highest BCUT2D eigenvalue weighted by Crippen LogP contribution is 2.41. The molecular formula is C19H30NO6+. The van der Waals surface area contributed by atoms with Crippen molar-refractivity contribution in [3.63, 3.8) is 0 Å². The van der Waals surface area contributed by atoms with Crippen LogP contribution in [0.4, 0.5) is 0 Å². The number of cyclic esters (lactones) is 1. The summed E-state index contributed by atoms with van der Waals surface area (Å²) in [6, 6.07) is -0.0214. The first-order chi connectivity index (χ1) is 12.1. The molecule has 3 aliphatic rings. The monoisotopic (exact) mass is 368 g/mol. The lowest BCUT2D eigenvalue weighted by Gasteiger charge is -2.39. The Kier molecular flexibility index (Phi) is 4.70. The Bertz CT molecular complexity index is 640. The average Bonchev–Trinajstić information content (AvgIpc) is 3.09. The van der Waals surface area contributed by atoms with E-state index in [0.717, 1.165) is 42.5 Å². The summed E-state index contributed by atoms with van der Waals surface area (Å²) in [5.74, 6) is -2.61. The number of hydrogen-bond acceptors (Lipinski definition) is 6. The molecule has 146 valence electrons. The van der Waals surface area contributed by atoms with Gasteiger partial charge in [0.15, 0.2) is 17.7 Å². The Morgan fingerprint density at radius 2 is 2.00 bits per heavy atom. The van der Waals surface area contributed by atoms with E-state index in [2.05, 4.69) is 13.0 Å². The smallest absolute Gasteiger partial charge is 0.341 e.